The molecule has 2 rings (SSSR count). The van der Waals surface area contributed by atoms with Gasteiger partial charge in [0.1, 0.15) is 12.4 Å². The number of likely N-dealkylation sites (N-methyl/N-ethyl adjacent to an activating group) is 1. The van der Waals surface area contributed by atoms with E-state index < -0.39 is 0 Å². The first-order chi connectivity index (χ1) is 10.1. The van der Waals surface area contributed by atoms with Gasteiger partial charge in [-0.3, -0.25) is 0 Å². The molecule has 21 heavy (non-hydrogen) atoms. The number of halogens is 1. The van der Waals surface area contributed by atoms with Gasteiger partial charge in [0, 0.05) is 23.8 Å². The SMILES string of the molecule is CN(C)CCOc1ccc(NCc2ccc(Cl)cc2)cc1. The molecule has 0 aliphatic heterocycles. The van der Waals surface area contributed by atoms with Crippen LogP contribution in [0.4, 0.5) is 5.69 Å². The maximum Gasteiger partial charge on any atom is 0.119 e. The maximum absolute atomic E-state index is 5.87. The van der Waals surface area contributed by atoms with Crippen LogP contribution in [-0.2, 0) is 6.54 Å². The zero-order chi connectivity index (χ0) is 15.1. The number of anilines is 1. The average molecular weight is 305 g/mol. The summed E-state index contributed by atoms with van der Waals surface area (Å²) in [7, 11) is 4.07. The third kappa shape index (κ3) is 5.66. The van der Waals surface area contributed by atoms with Gasteiger partial charge in [0.05, 0.1) is 0 Å². The van der Waals surface area contributed by atoms with E-state index in [1.54, 1.807) is 0 Å². The second kappa shape index (κ2) is 7.91. The number of nitrogens with one attached hydrogen (secondary N) is 1. The zero-order valence-electron chi connectivity index (χ0n) is 12.5. The molecule has 0 saturated carbocycles. The fourth-order valence-corrected chi connectivity index (χ4v) is 1.95. The van der Waals surface area contributed by atoms with Crippen LogP contribution in [0.3, 0.4) is 0 Å². The summed E-state index contributed by atoms with van der Waals surface area (Å²) < 4.78 is 5.66. The standard InChI is InChI=1S/C17H21ClN2O/c1-20(2)11-12-21-17-9-7-16(8-10-17)19-13-14-3-5-15(18)6-4-14/h3-10,19H,11-13H2,1-2H3. The first-order valence-corrected chi connectivity index (χ1v) is 7.37. The quantitative estimate of drug-likeness (QED) is 0.840. The summed E-state index contributed by atoms with van der Waals surface area (Å²) >= 11 is 5.87. The second-order valence-electron chi connectivity index (χ2n) is 5.16. The fourth-order valence-electron chi connectivity index (χ4n) is 1.82. The van der Waals surface area contributed by atoms with E-state index in [4.69, 9.17) is 16.3 Å². The van der Waals surface area contributed by atoms with Crippen LogP contribution in [0.5, 0.6) is 5.75 Å². The summed E-state index contributed by atoms with van der Waals surface area (Å²) in [5.74, 6) is 0.897. The highest BCUT2D eigenvalue weighted by Crippen LogP contribution is 2.17. The molecule has 0 spiro atoms. The second-order valence-corrected chi connectivity index (χ2v) is 5.59. The average Bonchev–Trinajstić information content (AvgIpc) is 2.48. The third-order valence-corrected chi connectivity index (χ3v) is 3.32. The van der Waals surface area contributed by atoms with E-state index in [2.05, 4.69) is 10.2 Å². The van der Waals surface area contributed by atoms with Crippen molar-refractivity contribution < 1.29 is 4.74 Å². The minimum atomic E-state index is 0.699. The number of nitrogens with zero attached hydrogens (tertiary/aromatic N) is 1. The van der Waals surface area contributed by atoms with Crippen molar-refractivity contribution in [2.75, 3.05) is 32.6 Å². The van der Waals surface area contributed by atoms with Crippen molar-refractivity contribution in [1.82, 2.24) is 4.90 Å². The molecule has 0 bridgehead atoms. The molecule has 1 N–H and O–H groups in total. The highest BCUT2D eigenvalue weighted by molar-refractivity contribution is 6.30. The van der Waals surface area contributed by atoms with Crippen molar-refractivity contribution in [1.29, 1.82) is 0 Å². The van der Waals surface area contributed by atoms with E-state index in [9.17, 15) is 0 Å². The molecule has 3 nitrogen and oxygen atoms in total. The van der Waals surface area contributed by atoms with Gasteiger partial charge in [0.2, 0.25) is 0 Å². The van der Waals surface area contributed by atoms with E-state index in [-0.39, 0.29) is 0 Å². The van der Waals surface area contributed by atoms with Crippen molar-refractivity contribution in [3.8, 4) is 5.75 Å². The lowest BCUT2D eigenvalue weighted by atomic mass is 10.2. The summed E-state index contributed by atoms with van der Waals surface area (Å²) in [6, 6.07) is 15.9. The van der Waals surface area contributed by atoms with E-state index in [0.717, 1.165) is 29.5 Å². The van der Waals surface area contributed by atoms with Gasteiger partial charge < -0.3 is 15.0 Å². The van der Waals surface area contributed by atoms with E-state index in [1.807, 2.05) is 62.6 Å². The molecular formula is C17H21ClN2O. The fraction of sp³-hybridized carbons (Fsp3) is 0.294. The van der Waals surface area contributed by atoms with E-state index in [0.29, 0.717) is 6.61 Å². The summed E-state index contributed by atoms with van der Waals surface area (Å²) in [6.45, 7) is 2.39. The zero-order valence-corrected chi connectivity index (χ0v) is 13.2. The van der Waals surface area contributed by atoms with Gasteiger partial charge in [-0.1, -0.05) is 23.7 Å². The molecule has 4 heteroatoms. The molecule has 2 aromatic carbocycles. The van der Waals surface area contributed by atoms with E-state index in [1.165, 1.54) is 5.56 Å². The Morgan fingerprint density at radius 1 is 1.00 bits per heavy atom. The Bertz CT molecular complexity index is 538. The summed E-state index contributed by atoms with van der Waals surface area (Å²) in [6.07, 6.45) is 0. The molecule has 0 saturated heterocycles. The van der Waals surface area contributed by atoms with Crippen LogP contribution in [0.1, 0.15) is 5.56 Å². The van der Waals surface area contributed by atoms with Crippen LogP contribution in [0.15, 0.2) is 48.5 Å². The van der Waals surface area contributed by atoms with Crippen LogP contribution in [0.2, 0.25) is 5.02 Å². The number of benzene rings is 2. The maximum atomic E-state index is 5.87. The van der Waals surface area contributed by atoms with Crippen molar-refractivity contribution >= 4 is 17.3 Å². The Hall–Kier alpha value is -1.71. The smallest absolute Gasteiger partial charge is 0.119 e. The number of hydrogen-bond acceptors (Lipinski definition) is 3. The molecule has 112 valence electrons. The molecule has 0 unspecified atom stereocenters. The molecule has 0 aromatic heterocycles. The lowest BCUT2D eigenvalue weighted by Crippen LogP contribution is -2.19. The van der Waals surface area contributed by atoms with Crippen LogP contribution < -0.4 is 10.1 Å². The monoisotopic (exact) mass is 304 g/mol. The molecule has 2 aromatic rings. The Morgan fingerprint density at radius 3 is 2.29 bits per heavy atom. The largest absolute Gasteiger partial charge is 0.492 e. The van der Waals surface area contributed by atoms with Crippen molar-refractivity contribution in [2.24, 2.45) is 0 Å². The lowest BCUT2D eigenvalue weighted by Gasteiger charge is -2.12. The van der Waals surface area contributed by atoms with Crippen molar-refractivity contribution in [3.63, 3.8) is 0 Å². The van der Waals surface area contributed by atoms with Gasteiger partial charge in [-0.25, -0.2) is 0 Å². The third-order valence-electron chi connectivity index (χ3n) is 3.07. The normalized spacial score (nSPS) is 10.7. The first kappa shape index (κ1) is 15.7. The molecule has 0 fully saturated rings. The van der Waals surface area contributed by atoms with Gasteiger partial charge in [-0.05, 0) is 56.1 Å². The van der Waals surface area contributed by atoms with Crippen molar-refractivity contribution in [3.05, 3.63) is 59.1 Å². The summed E-state index contributed by atoms with van der Waals surface area (Å²) in [5.41, 5.74) is 2.27. The topological polar surface area (TPSA) is 24.5 Å². The molecule has 0 aliphatic carbocycles. The Labute approximate surface area is 131 Å². The van der Waals surface area contributed by atoms with Crippen molar-refractivity contribution in [2.45, 2.75) is 6.54 Å². The number of ether oxygens (including phenoxy) is 1. The molecule has 0 amide bonds. The molecular weight excluding hydrogens is 284 g/mol. The van der Waals surface area contributed by atoms with Gasteiger partial charge in [-0.15, -0.1) is 0 Å². The number of rotatable bonds is 7. The van der Waals surface area contributed by atoms with Gasteiger partial charge >= 0.3 is 0 Å². The Balaban J connectivity index is 1.80. The first-order valence-electron chi connectivity index (χ1n) is 6.99. The van der Waals surface area contributed by atoms with E-state index >= 15 is 0 Å². The molecule has 0 aliphatic rings. The Kier molecular flexibility index (Phi) is 5.90. The van der Waals surface area contributed by atoms with Crippen LogP contribution in [-0.4, -0.2) is 32.1 Å². The van der Waals surface area contributed by atoms with Gasteiger partial charge in [0.15, 0.2) is 0 Å². The highest BCUT2D eigenvalue weighted by atomic mass is 35.5. The lowest BCUT2D eigenvalue weighted by molar-refractivity contribution is 0.261. The minimum Gasteiger partial charge on any atom is -0.492 e. The predicted molar refractivity (Wildman–Crippen MR) is 89.3 cm³/mol. The molecule has 0 atom stereocenters. The van der Waals surface area contributed by atoms with Gasteiger partial charge in [-0.2, -0.15) is 0 Å². The Morgan fingerprint density at radius 2 is 1.67 bits per heavy atom. The number of hydrogen-bond donors (Lipinski definition) is 1. The summed E-state index contributed by atoms with van der Waals surface area (Å²) in [4.78, 5) is 2.10. The predicted octanol–water partition coefficient (Wildman–Crippen LogP) is 3.89. The van der Waals surface area contributed by atoms with Crippen LogP contribution in [0, 0.1) is 0 Å². The van der Waals surface area contributed by atoms with Crippen LogP contribution >= 0.6 is 11.6 Å². The molecule has 0 radical (unpaired) electrons. The highest BCUT2D eigenvalue weighted by Gasteiger charge is 1.97. The molecule has 0 heterocycles. The van der Waals surface area contributed by atoms with Crippen LogP contribution in [0.25, 0.3) is 0 Å². The minimum absolute atomic E-state index is 0.699. The van der Waals surface area contributed by atoms with Gasteiger partial charge in [0.25, 0.3) is 0 Å². The summed E-state index contributed by atoms with van der Waals surface area (Å²) in [5, 5.41) is 4.14.